The van der Waals surface area contributed by atoms with Crippen LogP contribution in [0.4, 0.5) is 10.5 Å². The number of hydrogen-bond donors (Lipinski definition) is 4. The van der Waals surface area contributed by atoms with Crippen molar-refractivity contribution in [2.24, 2.45) is 0 Å². The molecule has 4 N–H and O–H groups in total. The first-order valence-corrected chi connectivity index (χ1v) is 6.65. The van der Waals surface area contributed by atoms with E-state index in [1.807, 2.05) is 0 Å². The topological polar surface area (TPSA) is 103 Å². The number of nitrogens with one attached hydrogen (secondary N) is 3. The zero-order valence-electron chi connectivity index (χ0n) is 11.4. The maximum Gasteiger partial charge on any atom is 0.354 e. The molecule has 0 aromatic carbocycles. The van der Waals surface area contributed by atoms with E-state index < -0.39 is 12.0 Å². The summed E-state index contributed by atoms with van der Waals surface area (Å²) in [5.74, 6) is -1.11. The summed E-state index contributed by atoms with van der Waals surface area (Å²) in [5, 5.41) is 14.2. The first-order valence-electron chi connectivity index (χ1n) is 6.65. The largest absolute Gasteiger partial charge is 0.477 e. The molecule has 0 saturated carbocycles. The molecule has 7 heteroatoms. The van der Waals surface area contributed by atoms with Crippen LogP contribution >= 0.6 is 0 Å². The van der Waals surface area contributed by atoms with Gasteiger partial charge in [-0.25, -0.2) is 9.59 Å². The lowest BCUT2D eigenvalue weighted by atomic mass is 10.1. The molecule has 7 nitrogen and oxygen atoms in total. The Bertz CT molecular complexity index is 492. The second-order valence-corrected chi connectivity index (χ2v) is 4.87. The van der Waals surface area contributed by atoms with Crippen LogP contribution in [0.2, 0.25) is 0 Å². The van der Waals surface area contributed by atoms with E-state index in [0.717, 1.165) is 25.9 Å². The maximum absolute atomic E-state index is 11.8. The van der Waals surface area contributed by atoms with Crippen LogP contribution in [0, 0.1) is 6.92 Å². The van der Waals surface area contributed by atoms with Crippen LogP contribution in [0.1, 0.15) is 35.4 Å². The average Bonchev–Trinajstić information content (AvgIpc) is 2.79. The second-order valence-electron chi connectivity index (χ2n) is 4.87. The van der Waals surface area contributed by atoms with E-state index in [4.69, 9.17) is 9.84 Å². The number of ether oxygens (including phenoxy) is 1. The zero-order chi connectivity index (χ0) is 14.5. The number of urea groups is 1. The molecule has 1 aromatic rings. The Morgan fingerprint density at radius 3 is 2.95 bits per heavy atom. The number of anilines is 1. The molecule has 0 spiro atoms. The SMILES string of the molecule is Cc1cc(NC(=O)NCC2CCCCO2)c(C(=O)O)[nH]1. The van der Waals surface area contributed by atoms with E-state index in [0.29, 0.717) is 12.2 Å². The number of aromatic amines is 1. The molecule has 110 valence electrons. The molecule has 1 aliphatic heterocycles. The summed E-state index contributed by atoms with van der Waals surface area (Å²) in [4.78, 5) is 25.4. The smallest absolute Gasteiger partial charge is 0.354 e. The lowest BCUT2D eigenvalue weighted by Gasteiger charge is -2.22. The summed E-state index contributed by atoms with van der Waals surface area (Å²) in [6.45, 7) is 2.89. The molecule has 1 aliphatic rings. The predicted molar refractivity (Wildman–Crippen MR) is 73.1 cm³/mol. The van der Waals surface area contributed by atoms with Crippen molar-refractivity contribution < 1.29 is 19.4 Å². The van der Waals surface area contributed by atoms with Gasteiger partial charge in [0.25, 0.3) is 0 Å². The van der Waals surface area contributed by atoms with Gasteiger partial charge >= 0.3 is 12.0 Å². The number of hydrogen-bond acceptors (Lipinski definition) is 3. The number of aromatic carboxylic acids is 1. The first-order chi connectivity index (χ1) is 9.56. The summed E-state index contributed by atoms with van der Waals surface area (Å²) in [7, 11) is 0. The molecule has 1 fully saturated rings. The van der Waals surface area contributed by atoms with Gasteiger partial charge in [0, 0.05) is 18.8 Å². The summed E-state index contributed by atoms with van der Waals surface area (Å²) in [6, 6.07) is 1.15. The van der Waals surface area contributed by atoms with Crippen molar-refractivity contribution >= 4 is 17.7 Å². The molecule has 20 heavy (non-hydrogen) atoms. The van der Waals surface area contributed by atoms with Crippen LogP contribution in [0.3, 0.4) is 0 Å². The van der Waals surface area contributed by atoms with Crippen molar-refractivity contribution in [2.45, 2.75) is 32.3 Å². The fourth-order valence-electron chi connectivity index (χ4n) is 2.20. The number of amides is 2. The van der Waals surface area contributed by atoms with Crippen LogP contribution in [0.15, 0.2) is 6.07 Å². The van der Waals surface area contributed by atoms with Gasteiger partial charge in [-0.15, -0.1) is 0 Å². The third kappa shape index (κ3) is 3.74. The van der Waals surface area contributed by atoms with Crippen LogP contribution < -0.4 is 10.6 Å². The van der Waals surface area contributed by atoms with E-state index in [1.165, 1.54) is 0 Å². The van der Waals surface area contributed by atoms with Gasteiger partial charge in [-0.1, -0.05) is 0 Å². The summed E-state index contributed by atoms with van der Waals surface area (Å²) < 4.78 is 5.50. The molecule has 1 saturated heterocycles. The van der Waals surface area contributed by atoms with Crippen LogP contribution in [-0.2, 0) is 4.74 Å². The molecule has 0 aliphatic carbocycles. The van der Waals surface area contributed by atoms with E-state index in [2.05, 4.69) is 15.6 Å². The van der Waals surface area contributed by atoms with Gasteiger partial charge in [-0.2, -0.15) is 0 Å². The van der Waals surface area contributed by atoms with E-state index in [1.54, 1.807) is 13.0 Å². The van der Waals surface area contributed by atoms with Gasteiger partial charge < -0.3 is 25.5 Å². The number of carboxylic acids is 1. The first kappa shape index (κ1) is 14.4. The number of aromatic nitrogens is 1. The van der Waals surface area contributed by atoms with Crippen molar-refractivity contribution in [3.63, 3.8) is 0 Å². The fourth-order valence-corrected chi connectivity index (χ4v) is 2.20. The molecular formula is C13H19N3O4. The Hall–Kier alpha value is -2.02. The molecule has 0 bridgehead atoms. The number of H-pyrrole nitrogens is 1. The van der Waals surface area contributed by atoms with E-state index >= 15 is 0 Å². The minimum Gasteiger partial charge on any atom is -0.477 e. The van der Waals surface area contributed by atoms with Crippen LogP contribution in [0.25, 0.3) is 0 Å². The Morgan fingerprint density at radius 2 is 2.30 bits per heavy atom. The minimum atomic E-state index is -1.11. The Kier molecular flexibility index (Phi) is 4.62. The second kappa shape index (κ2) is 6.42. The maximum atomic E-state index is 11.8. The van der Waals surface area contributed by atoms with Crippen molar-refractivity contribution in [2.75, 3.05) is 18.5 Å². The number of carbonyl (C=O) groups excluding carboxylic acids is 1. The van der Waals surface area contributed by atoms with E-state index in [-0.39, 0.29) is 17.5 Å². The fraction of sp³-hybridized carbons (Fsp3) is 0.538. The number of aryl methyl sites for hydroxylation is 1. The predicted octanol–water partition coefficient (Wildman–Crippen LogP) is 1.71. The highest BCUT2D eigenvalue weighted by molar-refractivity contribution is 5.99. The van der Waals surface area contributed by atoms with Gasteiger partial charge in [0.15, 0.2) is 0 Å². The van der Waals surface area contributed by atoms with Crippen molar-refractivity contribution in [3.8, 4) is 0 Å². The summed E-state index contributed by atoms with van der Waals surface area (Å²) in [5.41, 5.74) is 0.914. The Morgan fingerprint density at radius 1 is 1.50 bits per heavy atom. The molecule has 2 heterocycles. The van der Waals surface area contributed by atoms with Gasteiger partial charge in [0.2, 0.25) is 0 Å². The molecular weight excluding hydrogens is 262 g/mol. The normalized spacial score (nSPS) is 18.6. The average molecular weight is 281 g/mol. The molecule has 1 aromatic heterocycles. The van der Waals surface area contributed by atoms with E-state index in [9.17, 15) is 9.59 Å². The van der Waals surface area contributed by atoms with Crippen LogP contribution in [0.5, 0.6) is 0 Å². The quantitative estimate of drug-likeness (QED) is 0.674. The van der Waals surface area contributed by atoms with Crippen molar-refractivity contribution in [3.05, 3.63) is 17.5 Å². The monoisotopic (exact) mass is 281 g/mol. The lowest BCUT2D eigenvalue weighted by Crippen LogP contribution is -2.37. The van der Waals surface area contributed by atoms with Crippen molar-refractivity contribution in [1.82, 2.24) is 10.3 Å². The molecule has 0 radical (unpaired) electrons. The zero-order valence-corrected chi connectivity index (χ0v) is 11.4. The highest BCUT2D eigenvalue weighted by Gasteiger charge is 2.17. The summed E-state index contributed by atoms with van der Waals surface area (Å²) in [6.07, 6.45) is 3.15. The molecule has 2 rings (SSSR count). The molecule has 2 amide bonds. The lowest BCUT2D eigenvalue weighted by molar-refractivity contribution is 0.0187. The van der Waals surface area contributed by atoms with Crippen molar-refractivity contribution in [1.29, 1.82) is 0 Å². The molecule has 1 unspecified atom stereocenters. The highest BCUT2D eigenvalue weighted by Crippen LogP contribution is 2.16. The Labute approximate surface area is 116 Å². The van der Waals surface area contributed by atoms with Gasteiger partial charge in [-0.05, 0) is 32.3 Å². The number of rotatable bonds is 4. The number of carbonyl (C=O) groups is 2. The summed E-state index contributed by atoms with van der Waals surface area (Å²) >= 11 is 0. The van der Waals surface area contributed by atoms with Gasteiger partial charge in [0.1, 0.15) is 5.69 Å². The third-order valence-corrected chi connectivity index (χ3v) is 3.18. The highest BCUT2D eigenvalue weighted by atomic mass is 16.5. The molecule has 1 atom stereocenters. The van der Waals surface area contributed by atoms with Gasteiger partial charge in [-0.3, -0.25) is 0 Å². The third-order valence-electron chi connectivity index (χ3n) is 3.18. The Balaban J connectivity index is 1.86. The minimum absolute atomic E-state index is 0.0217. The standard InChI is InChI=1S/C13H19N3O4/c1-8-6-10(11(15-8)12(17)18)16-13(19)14-7-9-4-2-3-5-20-9/h6,9,15H,2-5,7H2,1H3,(H,17,18)(H2,14,16,19). The van der Waals surface area contributed by atoms with Crippen LogP contribution in [-0.4, -0.2) is 41.3 Å². The number of carboxylic acid groups (broad SMARTS) is 1. The van der Waals surface area contributed by atoms with Gasteiger partial charge in [0.05, 0.1) is 11.8 Å².